The molecule has 72 valence electrons. The summed E-state index contributed by atoms with van der Waals surface area (Å²) in [5, 5.41) is 2.94. The third kappa shape index (κ3) is 2.10. The number of hydrogen-bond acceptors (Lipinski definition) is 3. The Hall–Kier alpha value is -1.84. The van der Waals surface area contributed by atoms with Crippen molar-refractivity contribution in [1.29, 1.82) is 0 Å². The molecule has 0 unspecified atom stereocenters. The van der Waals surface area contributed by atoms with Crippen LogP contribution in [0.3, 0.4) is 0 Å². The number of nitrogens with zero attached hydrogens (tertiary/aromatic N) is 1. The first-order valence-electron chi connectivity index (χ1n) is 4.22. The SMILES string of the molecule is Fc1ccnc(NCc2ccco2)c1. The number of aromatic nitrogens is 1. The van der Waals surface area contributed by atoms with Crippen LogP contribution >= 0.6 is 0 Å². The number of anilines is 1. The van der Waals surface area contributed by atoms with Gasteiger partial charge in [-0.15, -0.1) is 0 Å². The quantitative estimate of drug-likeness (QED) is 0.811. The molecule has 2 aromatic rings. The van der Waals surface area contributed by atoms with Crippen LogP contribution in [0.15, 0.2) is 41.1 Å². The van der Waals surface area contributed by atoms with Crippen molar-refractivity contribution in [2.24, 2.45) is 0 Å². The molecule has 0 fully saturated rings. The number of rotatable bonds is 3. The van der Waals surface area contributed by atoms with E-state index in [0.717, 1.165) is 5.76 Å². The Kier molecular flexibility index (Phi) is 2.44. The van der Waals surface area contributed by atoms with Crippen LogP contribution in [0.2, 0.25) is 0 Å². The maximum Gasteiger partial charge on any atom is 0.129 e. The fourth-order valence-electron chi connectivity index (χ4n) is 1.09. The van der Waals surface area contributed by atoms with Gasteiger partial charge in [-0.1, -0.05) is 0 Å². The number of furan rings is 1. The molecule has 4 heteroatoms. The van der Waals surface area contributed by atoms with E-state index in [1.165, 1.54) is 18.3 Å². The molecule has 0 bridgehead atoms. The predicted octanol–water partition coefficient (Wildman–Crippen LogP) is 2.43. The number of nitrogens with one attached hydrogen (secondary N) is 1. The van der Waals surface area contributed by atoms with Crippen LogP contribution in [0.5, 0.6) is 0 Å². The minimum atomic E-state index is -0.304. The minimum Gasteiger partial charge on any atom is -0.467 e. The van der Waals surface area contributed by atoms with Crippen LogP contribution in [-0.4, -0.2) is 4.98 Å². The molecule has 0 spiro atoms. The van der Waals surface area contributed by atoms with Gasteiger partial charge in [-0.2, -0.15) is 0 Å². The standard InChI is InChI=1S/C10H9FN2O/c11-8-3-4-12-10(6-8)13-7-9-2-1-5-14-9/h1-6H,7H2,(H,12,13). The molecule has 0 aliphatic carbocycles. The monoisotopic (exact) mass is 192 g/mol. The Labute approximate surface area is 80.6 Å². The van der Waals surface area contributed by atoms with Crippen LogP contribution in [-0.2, 0) is 6.54 Å². The van der Waals surface area contributed by atoms with Gasteiger partial charge in [0.15, 0.2) is 0 Å². The smallest absolute Gasteiger partial charge is 0.129 e. The van der Waals surface area contributed by atoms with Crippen LogP contribution in [0.4, 0.5) is 10.2 Å². The van der Waals surface area contributed by atoms with E-state index in [0.29, 0.717) is 12.4 Å². The highest BCUT2D eigenvalue weighted by Gasteiger charge is 1.97. The Bertz CT molecular complexity index is 400. The topological polar surface area (TPSA) is 38.1 Å². The first kappa shape index (κ1) is 8.74. The zero-order valence-corrected chi connectivity index (χ0v) is 7.40. The summed E-state index contributed by atoms with van der Waals surface area (Å²) in [7, 11) is 0. The predicted molar refractivity (Wildman–Crippen MR) is 50.2 cm³/mol. The number of halogens is 1. The van der Waals surface area contributed by atoms with Gasteiger partial charge < -0.3 is 9.73 Å². The summed E-state index contributed by atoms with van der Waals surface area (Å²) in [5.74, 6) is 0.986. The van der Waals surface area contributed by atoms with Crippen LogP contribution < -0.4 is 5.32 Å². The molecule has 0 aromatic carbocycles. The van der Waals surface area contributed by atoms with Gasteiger partial charge in [0.05, 0.1) is 12.8 Å². The number of pyridine rings is 1. The van der Waals surface area contributed by atoms with Crippen LogP contribution in [0.1, 0.15) is 5.76 Å². The van der Waals surface area contributed by atoms with Crippen molar-refractivity contribution in [2.45, 2.75) is 6.54 Å². The summed E-state index contributed by atoms with van der Waals surface area (Å²) in [5.41, 5.74) is 0. The van der Waals surface area contributed by atoms with Gasteiger partial charge >= 0.3 is 0 Å². The van der Waals surface area contributed by atoms with Gasteiger partial charge in [-0.25, -0.2) is 9.37 Å². The van der Waals surface area contributed by atoms with E-state index in [4.69, 9.17) is 4.42 Å². The summed E-state index contributed by atoms with van der Waals surface area (Å²) in [6.45, 7) is 0.503. The van der Waals surface area contributed by atoms with Crippen LogP contribution in [0.25, 0.3) is 0 Å². The van der Waals surface area contributed by atoms with Crippen molar-refractivity contribution in [2.75, 3.05) is 5.32 Å². The highest BCUT2D eigenvalue weighted by molar-refractivity contribution is 5.34. The molecule has 0 saturated heterocycles. The third-order valence-electron chi connectivity index (χ3n) is 1.75. The van der Waals surface area contributed by atoms with E-state index in [-0.39, 0.29) is 5.82 Å². The third-order valence-corrected chi connectivity index (χ3v) is 1.75. The highest BCUT2D eigenvalue weighted by atomic mass is 19.1. The first-order valence-corrected chi connectivity index (χ1v) is 4.22. The summed E-state index contributed by atoms with van der Waals surface area (Å²) in [4.78, 5) is 3.95. The molecule has 3 nitrogen and oxygen atoms in total. The lowest BCUT2D eigenvalue weighted by Crippen LogP contribution is -2.00. The van der Waals surface area contributed by atoms with E-state index < -0.39 is 0 Å². The van der Waals surface area contributed by atoms with Gasteiger partial charge in [0.25, 0.3) is 0 Å². The van der Waals surface area contributed by atoms with Crippen molar-refractivity contribution >= 4 is 5.82 Å². The Morgan fingerprint density at radius 1 is 1.43 bits per heavy atom. The second-order valence-electron chi connectivity index (χ2n) is 2.79. The molecular formula is C10H9FN2O. The molecule has 0 radical (unpaired) electrons. The molecule has 0 aliphatic rings. The minimum absolute atomic E-state index is 0.304. The summed E-state index contributed by atoms with van der Waals surface area (Å²) >= 11 is 0. The van der Waals surface area contributed by atoms with Crippen molar-refractivity contribution in [3.8, 4) is 0 Å². The van der Waals surface area contributed by atoms with E-state index in [2.05, 4.69) is 10.3 Å². The van der Waals surface area contributed by atoms with Crippen LogP contribution in [0, 0.1) is 5.82 Å². The van der Waals surface area contributed by atoms with Crippen molar-refractivity contribution in [1.82, 2.24) is 4.98 Å². The fraction of sp³-hybridized carbons (Fsp3) is 0.100. The lowest BCUT2D eigenvalue weighted by atomic mass is 10.4. The average Bonchev–Trinajstić information content (AvgIpc) is 2.67. The van der Waals surface area contributed by atoms with Gasteiger partial charge in [0.2, 0.25) is 0 Å². The Morgan fingerprint density at radius 2 is 2.36 bits per heavy atom. The molecule has 0 atom stereocenters. The van der Waals surface area contributed by atoms with E-state index in [1.54, 1.807) is 12.3 Å². The zero-order valence-electron chi connectivity index (χ0n) is 7.40. The maximum absolute atomic E-state index is 12.7. The average molecular weight is 192 g/mol. The van der Waals surface area contributed by atoms with Crippen molar-refractivity contribution in [3.63, 3.8) is 0 Å². The van der Waals surface area contributed by atoms with E-state index in [1.807, 2.05) is 6.07 Å². The van der Waals surface area contributed by atoms with Gasteiger partial charge in [0.1, 0.15) is 17.4 Å². The molecule has 1 N–H and O–H groups in total. The lowest BCUT2D eigenvalue weighted by Gasteiger charge is -2.02. The number of hydrogen-bond donors (Lipinski definition) is 1. The largest absolute Gasteiger partial charge is 0.467 e. The van der Waals surface area contributed by atoms with Crippen molar-refractivity contribution in [3.05, 3.63) is 48.3 Å². The molecule has 0 saturated carbocycles. The summed E-state index contributed by atoms with van der Waals surface area (Å²) in [6.07, 6.45) is 3.01. The first-order chi connectivity index (χ1) is 6.84. The zero-order chi connectivity index (χ0) is 9.80. The summed E-state index contributed by atoms with van der Waals surface area (Å²) in [6, 6.07) is 6.28. The van der Waals surface area contributed by atoms with Gasteiger partial charge in [0, 0.05) is 12.3 Å². The fourth-order valence-corrected chi connectivity index (χ4v) is 1.09. The maximum atomic E-state index is 12.7. The molecule has 14 heavy (non-hydrogen) atoms. The lowest BCUT2D eigenvalue weighted by molar-refractivity contribution is 0.517. The second-order valence-corrected chi connectivity index (χ2v) is 2.79. The normalized spacial score (nSPS) is 10.1. The highest BCUT2D eigenvalue weighted by Crippen LogP contribution is 2.07. The molecular weight excluding hydrogens is 183 g/mol. The van der Waals surface area contributed by atoms with Gasteiger partial charge in [-0.3, -0.25) is 0 Å². The molecule has 2 heterocycles. The summed E-state index contributed by atoms with van der Waals surface area (Å²) < 4.78 is 17.8. The molecule has 2 rings (SSSR count). The van der Waals surface area contributed by atoms with Gasteiger partial charge in [-0.05, 0) is 18.2 Å². The Balaban J connectivity index is 1.98. The second kappa shape index (κ2) is 3.91. The van der Waals surface area contributed by atoms with Crippen molar-refractivity contribution < 1.29 is 8.81 Å². The molecule has 2 aromatic heterocycles. The molecule has 0 amide bonds. The van der Waals surface area contributed by atoms with E-state index >= 15 is 0 Å². The Morgan fingerprint density at radius 3 is 3.07 bits per heavy atom. The molecule has 0 aliphatic heterocycles. The van der Waals surface area contributed by atoms with E-state index in [9.17, 15) is 4.39 Å².